The van der Waals surface area contributed by atoms with Gasteiger partial charge in [-0.3, -0.25) is 9.89 Å². The van der Waals surface area contributed by atoms with E-state index in [1.165, 1.54) is 0 Å². The Labute approximate surface area is 123 Å². The molecule has 0 unspecified atom stereocenters. The van der Waals surface area contributed by atoms with Gasteiger partial charge in [0.25, 0.3) is 5.91 Å². The van der Waals surface area contributed by atoms with Crippen molar-refractivity contribution in [3.8, 4) is 5.75 Å². The van der Waals surface area contributed by atoms with Gasteiger partial charge in [0.2, 0.25) is 0 Å². The Morgan fingerprint density at radius 3 is 2.57 bits per heavy atom. The van der Waals surface area contributed by atoms with Gasteiger partial charge in [-0.05, 0) is 12.1 Å². The average Bonchev–Trinajstić information content (AvgIpc) is 2.86. The van der Waals surface area contributed by atoms with Crippen LogP contribution in [0.15, 0.2) is 24.3 Å². The first kappa shape index (κ1) is 14.9. The first-order chi connectivity index (χ1) is 9.81. The Balaban J connectivity index is 2.16. The zero-order valence-corrected chi connectivity index (χ0v) is 12.7. The molecule has 0 aliphatic heterocycles. The van der Waals surface area contributed by atoms with Crippen LogP contribution in [-0.4, -0.2) is 23.2 Å². The topological polar surface area (TPSA) is 93.0 Å². The van der Waals surface area contributed by atoms with Crippen LogP contribution in [0.4, 0.5) is 11.5 Å². The van der Waals surface area contributed by atoms with Gasteiger partial charge in [0.1, 0.15) is 5.75 Å². The number of nitrogen functional groups attached to an aromatic ring is 1. The SMILES string of the molecule is COc1ccc(C(=O)Nc2cc(C(C)(C)C)[nH]n2)c(N)c1. The summed E-state index contributed by atoms with van der Waals surface area (Å²) in [6, 6.07) is 6.74. The van der Waals surface area contributed by atoms with Gasteiger partial charge in [0, 0.05) is 28.9 Å². The molecule has 6 heteroatoms. The van der Waals surface area contributed by atoms with E-state index < -0.39 is 0 Å². The fourth-order valence-electron chi connectivity index (χ4n) is 1.83. The number of carbonyl (C=O) groups is 1. The first-order valence-electron chi connectivity index (χ1n) is 6.62. The number of hydrogen-bond acceptors (Lipinski definition) is 4. The number of nitrogens with zero attached hydrogens (tertiary/aromatic N) is 1. The number of anilines is 2. The fourth-order valence-corrected chi connectivity index (χ4v) is 1.83. The number of methoxy groups -OCH3 is 1. The average molecular weight is 288 g/mol. The molecule has 0 aliphatic carbocycles. The van der Waals surface area contributed by atoms with Crippen LogP contribution in [0, 0.1) is 0 Å². The number of amides is 1. The second-order valence-electron chi connectivity index (χ2n) is 5.82. The van der Waals surface area contributed by atoms with Gasteiger partial charge in [-0.2, -0.15) is 5.10 Å². The maximum absolute atomic E-state index is 12.2. The van der Waals surface area contributed by atoms with Gasteiger partial charge in [-0.15, -0.1) is 0 Å². The highest BCUT2D eigenvalue weighted by molar-refractivity contribution is 6.07. The summed E-state index contributed by atoms with van der Waals surface area (Å²) in [4.78, 5) is 12.2. The molecule has 0 bridgehead atoms. The lowest BCUT2D eigenvalue weighted by Crippen LogP contribution is -2.14. The monoisotopic (exact) mass is 288 g/mol. The molecule has 6 nitrogen and oxygen atoms in total. The number of carbonyl (C=O) groups excluding carboxylic acids is 1. The van der Waals surface area contributed by atoms with Gasteiger partial charge < -0.3 is 15.8 Å². The number of ether oxygens (including phenoxy) is 1. The number of nitrogens with two attached hydrogens (primary N) is 1. The Hall–Kier alpha value is -2.50. The molecule has 0 spiro atoms. The lowest BCUT2D eigenvalue weighted by atomic mass is 9.92. The Bertz CT molecular complexity index is 656. The summed E-state index contributed by atoms with van der Waals surface area (Å²) < 4.78 is 5.06. The van der Waals surface area contributed by atoms with Crippen molar-refractivity contribution in [1.29, 1.82) is 0 Å². The molecule has 1 aromatic carbocycles. The third-order valence-corrected chi connectivity index (χ3v) is 3.13. The van der Waals surface area contributed by atoms with E-state index in [1.54, 1.807) is 25.3 Å². The predicted molar refractivity (Wildman–Crippen MR) is 82.6 cm³/mol. The summed E-state index contributed by atoms with van der Waals surface area (Å²) in [6.45, 7) is 6.19. The molecular formula is C15H20N4O2. The smallest absolute Gasteiger partial charge is 0.258 e. The Morgan fingerprint density at radius 1 is 1.33 bits per heavy atom. The summed E-state index contributed by atoms with van der Waals surface area (Å²) in [7, 11) is 1.55. The van der Waals surface area contributed by atoms with Gasteiger partial charge in [-0.25, -0.2) is 0 Å². The molecule has 1 heterocycles. The molecule has 0 radical (unpaired) electrons. The van der Waals surface area contributed by atoms with E-state index in [-0.39, 0.29) is 11.3 Å². The Kier molecular flexibility index (Phi) is 3.88. The summed E-state index contributed by atoms with van der Waals surface area (Å²) in [5, 5.41) is 9.74. The molecule has 2 aromatic rings. The Morgan fingerprint density at radius 2 is 2.05 bits per heavy atom. The highest BCUT2D eigenvalue weighted by atomic mass is 16.5. The largest absolute Gasteiger partial charge is 0.497 e. The van der Waals surface area contributed by atoms with Gasteiger partial charge >= 0.3 is 0 Å². The standard InChI is InChI=1S/C15H20N4O2/c1-15(2,3)12-8-13(19-18-12)17-14(20)10-6-5-9(21-4)7-11(10)16/h5-8H,16H2,1-4H3,(H2,17,18,19,20). The van der Waals surface area contributed by atoms with Crippen molar-refractivity contribution in [3.63, 3.8) is 0 Å². The molecule has 2 rings (SSSR count). The molecule has 0 atom stereocenters. The van der Waals surface area contributed by atoms with Crippen molar-refractivity contribution in [2.45, 2.75) is 26.2 Å². The molecule has 0 aliphatic rings. The van der Waals surface area contributed by atoms with Crippen LogP contribution in [0.25, 0.3) is 0 Å². The molecule has 0 fully saturated rings. The van der Waals surface area contributed by atoms with E-state index in [0.717, 1.165) is 5.69 Å². The van der Waals surface area contributed by atoms with Crippen LogP contribution >= 0.6 is 0 Å². The lowest BCUT2D eigenvalue weighted by molar-refractivity contribution is 0.102. The second-order valence-corrected chi connectivity index (χ2v) is 5.82. The quantitative estimate of drug-likeness (QED) is 0.757. The third-order valence-electron chi connectivity index (χ3n) is 3.13. The van der Waals surface area contributed by atoms with Crippen LogP contribution in [-0.2, 0) is 5.41 Å². The van der Waals surface area contributed by atoms with Gasteiger partial charge in [0.15, 0.2) is 5.82 Å². The number of aromatic nitrogens is 2. The van der Waals surface area contributed by atoms with Crippen LogP contribution in [0.2, 0.25) is 0 Å². The lowest BCUT2D eigenvalue weighted by Gasteiger charge is -2.14. The van der Waals surface area contributed by atoms with Crippen molar-refractivity contribution < 1.29 is 9.53 Å². The molecule has 0 saturated carbocycles. The van der Waals surface area contributed by atoms with Crippen LogP contribution in [0.3, 0.4) is 0 Å². The molecule has 1 aromatic heterocycles. The molecule has 0 saturated heterocycles. The number of aromatic amines is 1. The third kappa shape index (κ3) is 3.34. The second kappa shape index (κ2) is 5.47. The van der Waals surface area contributed by atoms with E-state index in [9.17, 15) is 4.79 Å². The zero-order valence-electron chi connectivity index (χ0n) is 12.7. The minimum absolute atomic E-state index is 0.0604. The molecule has 112 valence electrons. The minimum atomic E-state index is -0.304. The van der Waals surface area contributed by atoms with E-state index in [1.807, 2.05) is 6.07 Å². The van der Waals surface area contributed by atoms with E-state index >= 15 is 0 Å². The maximum atomic E-state index is 12.2. The summed E-state index contributed by atoms with van der Waals surface area (Å²) in [5.41, 5.74) is 7.49. The van der Waals surface area contributed by atoms with Crippen LogP contribution < -0.4 is 15.8 Å². The van der Waals surface area contributed by atoms with Crippen LogP contribution in [0.5, 0.6) is 5.75 Å². The van der Waals surface area contributed by atoms with Crippen molar-refractivity contribution in [1.82, 2.24) is 10.2 Å². The van der Waals surface area contributed by atoms with Gasteiger partial charge in [0.05, 0.1) is 12.7 Å². The molecular weight excluding hydrogens is 268 g/mol. The van der Waals surface area contributed by atoms with Gasteiger partial charge in [-0.1, -0.05) is 20.8 Å². The molecule has 21 heavy (non-hydrogen) atoms. The molecule has 4 N–H and O–H groups in total. The molecule has 1 amide bonds. The number of benzene rings is 1. The number of hydrogen-bond donors (Lipinski definition) is 3. The van der Waals surface area contributed by atoms with Crippen molar-refractivity contribution in [3.05, 3.63) is 35.5 Å². The summed E-state index contributed by atoms with van der Waals surface area (Å²) >= 11 is 0. The highest BCUT2D eigenvalue weighted by Gasteiger charge is 2.18. The van der Waals surface area contributed by atoms with Crippen molar-refractivity contribution >= 4 is 17.4 Å². The minimum Gasteiger partial charge on any atom is -0.497 e. The number of H-pyrrole nitrogens is 1. The van der Waals surface area contributed by atoms with Crippen molar-refractivity contribution in [2.75, 3.05) is 18.2 Å². The fraction of sp³-hybridized carbons (Fsp3) is 0.333. The maximum Gasteiger partial charge on any atom is 0.258 e. The first-order valence-corrected chi connectivity index (χ1v) is 6.62. The normalized spacial score (nSPS) is 11.2. The summed E-state index contributed by atoms with van der Waals surface area (Å²) in [6.07, 6.45) is 0. The predicted octanol–water partition coefficient (Wildman–Crippen LogP) is 2.55. The highest BCUT2D eigenvalue weighted by Crippen LogP contribution is 2.23. The van der Waals surface area contributed by atoms with E-state index in [2.05, 4.69) is 36.3 Å². The zero-order chi connectivity index (χ0) is 15.6. The summed E-state index contributed by atoms with van der Waals surface area (Å²) in [5.74, 6) is 0.779. The van der Waals surface area contributed by atoms with Crippen molar-refractivity contribution in [2.24, 2.45) is 0 Å². The number of rotatable bonds is 3. The van der Waals surface area contributed by atoms with Crippen LogP contribution in [0.1, 0.15) is 36.8 Å². The number of nitrogens with one attached hydrogen (secondary N) is 2. The van der Waals surface area contributed by atoms with E-state index in [4.69, 9.17) is 10.5 Å². The van der Waals surface area contributed by atoms with E-state index in [0.29, 0.717) is 22.8 Å².